The predicted octanol–water partition coefficient (Wildman–Crippen LogP) is 1.26. The smallest absolute Gasteiger partial charge is 0.142 e. The molecule has 1 aromatic carbocycles. The Kier molecular flexibility index (Phi) is 4.38. The van der Waals surface area contributed by atoms with Crippen LogP contribution in [0.15, 0.2) is 18.2 Å². The van der Waals surface area contributed by atoms with Crippen LogP contribution in [0, 0.1) is 5.82 Å². The number of methoxy groups -OCH3 is 1. The van der Waals surface area contributed by atoms with Crippen molar-refractivity contribution in [3.05, 3.63) is 24.0 Å². The maximum Gasteiger partial charge on any atom is 0.142 e. The first-order valence-corrected chi connectivity index (χ1v) is 6.07. The van der Waals surface area contributed by atoms with Gasteiger partial charge in [0.05, 0.1) is 25.5 Å². The van der Waals surface area contributed by atoms with Crippen molar-refractivity contribution in [2.24, 2.45) is 0 Å². The molecule has 0 aliphatic carbocycles. The molecular formula is C13H19FN2O2. The molecule has 1 saturated heterocycles. The van der Waals surface area contributed by atoms with E-state index in [9.17, 15) is 4.39 Å². The molecule has 1 heterocycles. The fourth-order valence-corrected chi connectivity index (χ4v) is 2.10. The van der Waals surface area contributed by atoms with Gasteiger partial charge in [-0.15, -0.1) is 0 Å². The van der Waals surface area contributed by atoms with Crippen molar-refractivity contribution in [2.75, 3.05) is 45.3 Å². The Morgan fingerprint density at radius 1 is 1.56 bits per heavy atom. The molecule has 1 N–H and O–H groups in total. The zero-order valence-electron chi connectivity index (χ0n) is 10.8. The van der Waals surface area contributed by atoms with E-state index in [0.717, 1.165) is 25.4 Å². The van der Waals surface area contributed by atoms with Gasteiger partial charge in [-0.1, -0.05) is 0 Å². The minimum Gasteiger partial charge on any atom is -0.495 e. The van der Waals surface area contributed by atoms with Gasteiger partial charge in [0.1, 0.15) is 11.6 Å². The number of hydrogen-bond donors (Lipinski definition) is 1. The topological polar surface area (TPSA) is 33.7 Å². The first kappa shape index (κ1) is 13.1. The van der Waals surface area contributed by atoms with Crippen molar-refractivity contribution < 1.29 is 13.9 Å². The van der Waals surface area contributed by atoms with Gasteiger partial charge in [0.2, 0.25) is 0 Å². The molecule has 0 amide bonds. The van der Waals surface area contributed by atoms with Gasteiger partial charge in [-0.05, 0) is 12.1 Å². The fourth-order valence-electron chi connectivity index (χ4n) is 2.10. The lowest BCUT2D eigenvalue weighted by atomic mass is 10.2. The van der Waals surface area contributed by atoms with E-state index in [-0.39, 0.29) is 11.9 Å². The summed E-state index contributed by atoms with van der Waals surface area (Å²) in [5.74, 6) is 0.406. The molecule has 0 spiro atoms. The second kappa shape index (κ2) is 6.02. The van der Waals surface area contributed by atoms with E-state index in [1.54, 1.807) is 13.2 Å². The van der Waals surface area contributed by atoms with Gasteiger partial charge in [-0.2, -0.15) is 0 Å². The second-order valence-electron chi connectivity index (χ2n) is 4.39. The summed E-state index contributed by atoms with van der Waals surface area (Å²) in [6.45, 7) is 3.14. The Labute approximate surface area is 107 Å². The highest BCUT2D eigenvalue weighted by Gasteiger charge is 2.18. The Bertz CT molecular complexity index is 395. The summed E-state index contributed by atoms with van der Waals surface area (Å²) in [6.07, 6.45) is 0.122. The van der Waals surface area contributed by atoms with Gasteiger partial charge in [-0.3, -0.25) is 0 Å². The minimum atomic E-state index is -0.264. The third-order valence-electron chi connectivity index (χ3n) is 3.03. The average Bonchev–Trinajstić information content (AvgIpc) is 2.40. The van der Waals surface area contributed by atoms with Crippen LogP contribution in [0.5, 0.6) is 5.75 Å². The van der Waals surface area contributed by atoms with E-state index in [4.69, 9.17) is 9.47 Å². The standard InChI is InChI=1S/C13H19FN2O2/c1-16(9-11-8-15-5-6-18-11)12-7-10(14)3-4-13(12)17-2/h3-4,7,11,15H,5-6,8-9H2,1-2H3. The van der Waals surface area contributed by atoms with Crippen LogP contribution in [-0.4, -0.2) is 46.5 Å². The minimum absolute atomic E-state index is 0.122. The van der Waals surface area contributed by atoms with Gasteiger partial charge < -0.3 is 19.7 Å². The second-order valence-corrected chi connectivity index (χ2v) is 4.39. The summed E-state index contributed by atoms with van der Waals surface area (Å²) in [5, 5.41) is 3.27. The molecule has 0 radical (unpaired) electrons. The number of anilines is 1. The Morgan fingerprint density at radius 2 is 2.39 bits per heavy atom. The Hall–Kier alpha value is -1.33. The molecular weight excluding hydrogens is 235 g/mol. The van der Waals surface area contributed by atoms with Crippen LogP contribution in [-0.2, 0) is 4.74 Å². The van der Waals surface area contributed by atoms with Crippen molar-refractivity contribution in [1.82, 2.24) is 5.32 Å². The first-order chi connectivity index (χ1) is 8.70. The highest BCUT2D eigenvalue weighted by Crippen LogP contribution is 2.28. The Morgan fingerprint density at radius 3 is 3.06 bits per heavy atom. The maximum atomic E-state index is 13.3. The van der Waals surface area contributed by atoms with Crippen molar-refractivity contribution in [1.29, 1.82) is 0 Å². The van der Waals surface area contributed by atoms with Crippen LogP contribution in [0.1, 0.15) is 0 Å². The van der Waals surface area contributed by atoms with E-state index >= 15 is 0 Å². The van der Waals surface area contributed by atoms with Crippen molar-refractivity contribution in [2.45, 2.75) is 6.10 Å². The summed E-state index contributed by atoms with van der Waals surface area (Å²) < 4.78 is 24.2. The number of morpholine rings is 1. The van der Waals surface area contributed by atoms with Crippen molar-refractivity contribution in [3.63, 3.8) is 0 Å². The van der Waals surface area contributed by atoms with Gasteiger partial charge in [-0.25, -0.2) is 4.39 Å². The average molecular weight is 254 g/mol. The third-order valence-corrected chi connectivity index (χ3v) is 3.03. The fraction of sp³-hybridized carbons (Fsp3) is 0.538. The molecule has 1 aliphatic rings. The lowest BCUT2D eigenvalue weighted by molar-refractivity contribution is 0.0339. The van der Waals surface area contributed by atoms with E-state index in [2.05, 4.69) is 5.32 Å². The largest absolute Gasteiger partial charge is 0.495 e. The molecule has 0 saturated carbocycles. The van der Waals surface area contributed by atoms with Crippen LogP contribution in [0.2, 0.25) is 0 Å². The van der Waals surface area contributed by atoms with E-state index in [0.29, 0.717) is 12.3 Å². The third kappa shape index (κ3) is 3.11. The van der Waals surface area contributed by atoms with Crippen LogP contribution in [0.25, 0.3) is 0 Å². The molecule has 100 valence electrons. The van der Waals surface area contributed by atoms with Crippen LogP contribution < -0.4 is 15.0 Å². The quantitative estimate of drug-likeness (QED) is 0.877. The maximum absolute atomic E-state index is 13.3. The molecule has 0 bridgehead atoms. The summed E-state index contributed by atoms with van der Waals surface area (Å²) in [4.78, 5) is 1.96. The summed E-state index contributed by atoms with van der Waals surface area (Å²) in [7, 11) is 3.50. The van der Waals surface area contributed by atoms with Gasteiger partial charge in [0, 0.05) is 32.7 Å². The molecule has 1 aliphatic heterocycles. The van der Waals surface area contributed by atoms with E-state index in [1.165, 1.54) is 12.1 Å². The van der Waals surface area contributed by atoms with E-state index < -0.39 is 0 Å². The normalized spacial score (nSPS) is 19.6. The molecule has 0 aromatic heterocycles. The number of rotatable bonds is 4. The van der Waals surface area contributed by atoms with Crippen LogP contribution >= 0.6 is 0 Å². The number of likely N-dealkylation sites (N-methyl/N-ethyl adjacent to an activating group) is 1. The summed E-state index contributed by atoms with van der Waals surface area (Å²) >= 11 is 0. The molecule has 2 rings (SSSR count). The number of nitrogens with zero attached hydrogens (tertiary/aromatic N) is 1. The zero-order chi connectivity index (χ0) is 13.0. The van der Waals surface area contributed by atoms with Gasteiger partial charge >= 0.3 is 0 Å². The summed E-state index contributed by atoms with van der Waals surface area (Å²) in [5.41, 5.74) is 0.742. The highest BCUT2D eigenvalue weighted by atomic mass is 19.1. The Balaban J connectivity index is 2.07. The van der Waals surface area contributed by atoms with E-state index in [1.807, 2.05) is 11.9 Å². The number of nitrogens with one attached hydrogen (secondary N) is 1. The highest BCUT2D eigenvalue weighted by molar-refractivity contribution is 5.58. The van der Waals surface area contributed by atoms with Crippen LogP contribution in [0.3, 0.4) is 0 Å². The molecule has 1 fully saturated rings. The SMILES string of the molecule is COc1ccc(F)cc1N(C)CC1CNCCO1. The first-order valence-electron chi connectivity index (χ1n) is 6.07. The van der Waals surface area contributed by atoms with Crippen molar-refractivity contribution >= 4 is 5.69 Å². The van der Waals surface area contributed by atoms with Gasteiger partial charge in [0.25, 0.3) is 0 Å². The molecule has 4 nitrogen and oxygen atoms in total. The molecule has 18 heavy (non-hydrogen) atoms. The number of hydrogen-bond acceptors (Lipinski definition) is 4. The predicted molar refractivity (Wildman–Crippen MR) is 68.8 cm³/mol. The lowest BCUT2D eigenvalue weighted by Gasteiger charge is -2.29. The number of benzene rings is 1. The van der Waals surface area contributed by atoms with Gasteiger partial charge in [0.15, 0.2) is 0 Å². The zero-order valence-corrected chi connectivity index (χ0v) is 10.8. The van der Waals surface area contributed by atoms with Crippen molar-refractivity contribution in [3.8, 4) is 5.75 Å². The monoisotopic (exact) mass is 254 g/mol. The molecule has 5 heteroatoms. The summed E-state index contributed by atoms with van der Waals surface area (Å²) in [6, 6.07) is 4.52. The molecule has 1 aromatic rings. The number of halogens is 1. The number of ether oxygens (including phenoxy) is 2. The van der Waals surface area contributed by atoms with Crippen LogP contribution in [0.4, 0.5) is 10.1 Å². The lowest BCUT2D eigenvalue weighted by Crippen LogP contribution is -2.44. The molecule has 1 unspecified atom stereocenters. The molecule has 1 atom stereocenters.